The molecule has 1 N–H and O–H groups in total. The average Bonchev–Trinajstić information content (AvgIpc) is 2.83. The molecule has 3 aromatic rings. The van der Waals surface area contributed by atoms with E-state index in [2.05, 4.69) is 11.4 Å². The standard InChI is InChI=1S/C26H26N2O3/c1-31-22-15-13-19(14-16-22)18-24(29)27-25(21-9-3-2-4-10-21)26(30)28-17-7-11-20-8-5-6-12-23(20)28/h2-6,8-10,12-16,25H,7,11,17-18H2,1H3,(H,27,29)/t25-/m0/s1. The van der Waals surface area contributed by atoms with Crippen molar-refractivity contribution in [1.82, 2.24) is 5.32 Å². The molecule has 0 saturated carbocycles. The van der Waals surface area contributed by atoms with Crippen LogP contribution in [0.5, 0.6) is 5.75 Å². The molecular formula is C26H26N2O3. The first-order chi connectivity index (χ1) is 15.2. The fourth-order valence-electron chi connectivity index (χ4n) is 3.99. The van der Waals surface area contributed by atoms with Gasteiger partial charge in [-0.1, -0.05) is 60.7 Å². The van der Waals surface area contributed by atoms with Crippen LogP contribution < -0.4 is 15.0 Å². The van der Waals surface area contributed by atoms with Gasteiger partial charge in [0.1, 0.15) is 11.8 Å². The summed E-state index contributed by atoms with van der Waals surface area (Å²) in [4.78, 5) is 28.3. The molecule has 5 nitrogen and oxygen atoms in total. The highest BCUT2D eigenvalue weighted by Gasteiger charge is 2.30. The molecule has 1 aliphatic heterocycles. The summed E-state index contributed by atoms with van der Waals surface area (Å²) in [6.07, 6.45) is 2.06. The van der Waals surface area contributed by atoms with Gasteiger partial charge < -0.3 is 15.0 Å². The number of nitrogens with one attached hydrogen (secondary N) is 1. The molecule has 0 unspecified atom stereocenters. The number of nitrogens with zero attached hydrogens (tertiary/aromatic N) is 1. The number of anilines is 1. The number of ether oxygens (including phenoxy) is 1. The van der Waals surface area contributed by atoms with Crippen molar-refractivity contribution >= 4 is 17.5 Å². The second-order valence-corrected chi connectivity index (χ2v) is 7.66. The van der Waals surface area contributed by atoms with E-state index in [1.165, 1.54) is 5.56 Å². The fraction of sp³-hybridized carbons (Fsp3) is 0.231. The van der Waals surface area contributed by atoms with Gasteiger partial charge >= 0.3 is 0 Å². The molecule has 0 radical (unpaired) electrons. The van der Waals surface area contributed by atoms with Crippen molar-refractivity contribution in [3.63, 3.8) is 0 Å². The van der Waals surface area contributed by atoms with Gasteiger partial charge in [-0.15, -0.1) is 0 Å². The predicted octanol–water partition coefficient (Wildman–Crippen LogP) is 4.07. The Morgan fingerprint density at radius 2 is 1.68 bits per heavy atom. The Hall–Kier alpha value is -3.60. The predicted molar refractivity (Wildman–Crippen MR) is 121 cm³/mol. The van der Waals surface area contributed by atoms with E-state index in [1.807, 2.05) is 77.7 Å². The number of amides is 2. The lowest BCUT2D eigenvalue weighted by Crippen LogP contribution is -2.45. The average molecular weight is 415 g/mol. The third-order valence-electron chi connectivity index (χ3n) is 5.59. The van der Waals surface area contributed by atoms with Crippen molar-refractivity contribution in [3.05, 3.63) is 95.6 Å². The normalized spacial score (nSPS) is 13.8. The fourth-order valence-corrected chi connectivity index (χ4v) is 3.99. The summed E-state index contributed by atoms with van der Waals surface area (Å²) in [5, 5.41) is 2.98. The van der Waals surface area contributed by atoms with Crippen molar-refractivity contribution in [2.75, 3.05) is 18.6 Å². The summed E-state index contributed by atoms with van der Waals surface area (Å²) >= 11 is 0. The van der Waals surface area contributed by atoms with E-state index in [9.17, 15) is 9.59 Å². The molecule has 3 aromatic carbocycles. The highest BCUT2D eigenvalue weighted by molar-refractivity contribution is 6.00. The number of aryl methyl sites for hydroxylation is 1. The highest BCUT2D eigenvalue weighted by Crippen LogP contribution is 2.29. The Morgan fingerprint density at radius 3 is 2.42 bits per heavy atom. The smallest absolute Gasteiger partial charge is 0.254 e. The lowest BCUT2D eigenvalue weighted by atomic mass is 9.99. The van der Waals surface area contributed by atoms with E-state index in [0.29, 0.717) is 6.54 Å². The number of rotatable bonds is 6. The van der Waals surface area contributed by atoms with E-state index in [0.717, 1.165) is 35.4 Å². The first-order valence-electron chi connectivity index (χ1n) is 10.5. The van der Waals surface area contributed by atoms with Crippen LogP contribution in [-0.2, 0) is 22.4 Å². The summed E-state index contributed by atoms with van der Waals surface area (Å²) in [5.74, 6) is 0.435. The summed E-state index contributed by atoms with van der Waals surface area (Å²) in [6.45, 7) is 0.646. The number of benzene rings is 3. The first-order valence-corrected chi connectivity index (χ1v) is 10.5. The molecule has 1 heterocycles. The topological polar surface area (TPSA) is 58.6 Å². The van der Waals surface area contributed by atoms with Crippen molar-refractivity contribution in [2.45, 2.75) is 25.3 Å². The maximum Gasteiger partial charge on any atom is 0.254 e. The third kappa shape index (κ3) is 4.77. The lowest BCUT2D eigenvalue weighted by Gasteiger charge is -2.32. The Bertz CT molecular complexity index is 1050. The molecule has 2 amide bonds. The summed E-state index contributed by atoms with van der Waals surface area (Å²) in [6, 6.07) is 24.1. The van der Waals surface area contributed by atoms with Crippen LogP contribution in [0, 0.1) is 0 Å². The van der Waals surface area contributed by atoms with E-state index in [-0.39, 0.29) is 18.2 Å². The van der Waals surface area contributed by atoms with Crippen LogP contribution in [0.15, 0.2) is 78.9 Å². The zero-order valence-electron chi connectivity index (χ0n) is 17.6. The molecule has 0 bridgehead atoms. The Labute approximate surface area is 182 Å². The van der Waals surface area contributed by atoms with Crippen LogP contribution in [0.1, 0.15) is 29.2 Å². The second kappa shape index (κ2) is 9.47. The van der Waals surface area contributed by atoms with E-state index in [1.54, 1.807) is 7.11 Å². The van der Waals surface area contributed by atoms with Gasteiger partial charge in [0.15, 0.2) is 0 Å². The van der Waals surface area contributed by atoms with Crippen LogP contribution in [0.3, 0.4) is 0 Å². The van der Waals surface area contributed by atoms with Gasteiger partial charge in [0.05, 0.1) is 13.5 Å². The number of hydrogen-bond acceptors (Lipinski definition) is 3. The van der Waals surface area contributed by atoms with Crippen LogP contribution in [0.4, 0.5) is 5.69 Å². The van der Waals surface area contributed by atoms with Gasteiger partial charge in [0, 0.05) is 12.2 Å². The molecule has 0 fully saturated rings. The molecular weight excluding hydrogens is 388 g/mol. The largest absolute Gasteiger partial charge is 0.497 e. The molecule has 0 aromatic heterocycles. The molecule has 0 saturated heterocycles. The summed E-state index contributed by atoms with van der Waals surface area (Å²) in [7, 11) is 1.61. The minimum absolute atomic E-state index is 0.110. The number of fused-ring (bicyclic) bond motifs is 1. The first kappa shape index (κ1) is 20.7. The number of carbonyl (C=O) groups excluding carboxylic acids is 2. The number of methoxy groups -OCH3 is 1. The van der Waals surface area contributed by atoms with Crippen LogP contribution in [-0.4, -0.2) is 25.5 Å². The van der Waals surface area contributed by atoms with Crippen molar-refractivity contribution < 1.29 is 14.3 Å². The van der Waals surface area contributed by atoms with Gasteiger partial charge in [-0.2, -0.15) is 0 Å². The molecule has 1 atom stereocenters. The van der Waals surface area contributed by atoms with Crippen molar-refractivity contribution in [3.8, 4) is 5.75 Å². The molecule has 5 heteroatoms. The van der Waals surface area contributed by atoms with Crippen LogP contribution >= 0.6 is 0 Å². The van der Waals surface area contributed by atoms with Crippen LogP contribution in [0.25, 0.3) is 0 Å². The van der Waals surface area contributed by atoms with Gasteiger partial charge in [-0.05, 0) is 47.7 Å². The third-order valence-corrected chi connectivity index (χ3v) is 5.59. The number of para-hydroxylation sites is 1. The number of hydrogen-bond donors (Lipinski definition) is 1. The van der Waals surface area contributed by atoms with Gasteiger partial charge in [0.25, 0.3) is 5.91 Å². The quantitative estimate of drug-likeness (QED) is 0.661. The van der Waals surface area contributed by atoms with Gasteiger partial charge in [-0.3, -0.25) is 9.59 Å². The Balaban J connectivity index is 1.56. The minimum Gasteiger partial charge on any atom is -0.497 e. The van der Waals surface area contributed by atoms with E-state index >= 15 is 0 Å². The lowest BCUT2D eigenvalue weighted by molar-refractivity contribution is -0.127. The monoisotopic (exact) mass is 414 g/mol. The summed E-state index contributed by atoms with van der Waals surface area (Å²) in [5.41, 5.74) is 3.74. The zero-order valence-corrected chi connectivity index (χ0v) is 17.6. The molecule has 4 rings (SSSR count). The van der Waals surface area contributed by atoms with Crippen molar-refractivity contribution in [1.29, 1.82) is 0 Å². The Morgan fingerprint density at radius 1 is 0.968 bits per heavy atom. The molecule has 0 aliphatic carbocycles. The summed E-state index contributed by atoms with van der Waals surface area (Å²) < 4.78 is 5.17. The van der Waals surface area contributed by atoms with Gasteiger partial charge in [0.2, 0.25) is 5.91 Å². The minimum atomic E-state index is -0.738. The molecule has 1 aliphatic rings. The molecule has 31 heavy (non-hydrogen) atoms. The highest BCUT2D eigenvalue weighted by atomic mass is 16.5. The maximum atomic E-state index is 13.6. The maximum absolute atomic E-state index is 13.6. The Kier molecular flexibility index (Phi) is 6.32. The number of carbonyl (C=O) groups is 2. The van der Waals surface area contributed by atoms with E-state index in [4.69, 9.17) is 4.74 Å². The van der Waals surface area contributed by atoms with E-state index < -0.39 is 6.04 Å². The van der Waals surface area contributed by atoms with Gasteiger partial charge in [-0.25, -0.2) is 0 Å². The second-order valence-electron chi connectivity index (χ2n) is 7.66. The van der Waals surface area contributed by atoms with Crippen molar-refractivity contribution in [2.24, 2.45) is 0 Å². The molecule has 158 valence electrons. The molecule has 0 spiro atoms. The zero-order chi connectivity index (χ0) is 21.6. The van der Waals surface area contributed by atoms with Crippen LogP contribution in [0.2, 0.25) is 0 Å². The SMILES string of the molecule is COc1ccc(CC(=O)N[C@H](C(=O)N2CCCc3ccccc32)c2ccccc2)cc1.